The van der Waals surface area contributed by atoms with Crippen molar-refractivity contribution in [3.8, 4) is 6.07 Å². The number of carbonyl (C=O) groups is 3. The van der Waals surface area contributed by atoms with Gasteiger partial charge >= 0.3 is 5.97 Å². The topological polar surface area (TPSA) is 108 Å². The first kappa shape index (κ1) is 21.5. The van der Waals surface area contributed by atoms with Crippen LogP contribution in [0, 0.1) is 11.3 Å². The number of nitrogens with one attached hydrogen (secondary N) is 2. The molecule has 0 heterocycles. The van der Waals surface area contributed by atoms with E-state index in [1.54, 1.807) is 24.3 Å². The van der Waals surface area contributed by atoms with Gasteiger partial charge in [0.15, 0.2) is 6.61 Å². The van der Waals surface area contributed by atoms with Crippen LogP contribution >= 0.6 is 0 Å². The van der Waals surface area contributed by atoms with Crippen LogP contribution in [0.1, 0.15) is 11.1 Å². The molecule has 0 aliphatic rings. The summed E-state index contributed by atoms with van der Waals surface area (Å²) in [6.45, 7) is -0.780. The van der Waals surface area contributed by atoms with Gasteiger partial charge in [0.25, 0.3) is 5.91 Å². The van der Waals surface area contributed by atoms with Crippen molar-refractivity contribution in [1.29, 1.82) is 5.26 Å². The summed E-state index contributed by atoms with van der Waals surface area (Å²) in [4.78, 5) is 35.9. The normalized spacial score (nSPS) is 10.2. The van der Waals surface area contributed by atoms with Crippen LogP contribution in [0.3, 0.4) is 0 Å². The van der Waals surface area contributed by atoms with Gasteiger partial charge in [0.05, 0.1) is 18.9 Å². The van der Waals surface area contributed by atoms with Gasteiger partial charge in [-0.25, -0.2) is 0 Å². The van der Waals surface area contributed by atoms with Crippen molar-refractivity contribution in [1.82, 2.24) is 5.32 Å². The van der Waals surface area contributed by atoms with Gasteiger partial charge in [0.2, 0.25) is 5.91 Å². The predicted molar refractivity (Wildman–Crippen MR) is 116 cm³/mol. The average molecular weight is 415 g/mol. The number of rotatable bonds is 8. The van der Waals surface area contributed by atoms with Crippen molar-refractivity contribution >= 4 is 34.2 Å². The van der Waals surface area contributed by atoms with E-state index in [-0.39, 0.29) is 25.3 Å². The third kappa shape index (κ3) is 6.41. The number of ether oxygens (including phenoxy) is 1. The summed E-state index contributed by atoms with van der Waals surface area (Å²) in [5.41, 5.74) is 2.24. The Kier molecular flexibility index (Phi) is 7.33. The van der Waals surface area contributed by atoms with E-state index < -0.39 is 18.5 Å². The largest absolute Gasteiger partial charge is 0.454 e. The number of fused-ring (bicyclic) bond motifs is 1. The van der Waals surface area contributed by atoms with Gasteiger partial charge in [-0.15, -0.1) is 0 Å². The van der Waals surface area contributed by atoms with Crippen molar-refractivity contribution in [2.75, 3.05) is 18.5 Å². The Labute approximate surface area is 179 Å². The minimum absolute atomic E-state index is 0.136. The number of nitriles is 1. The van der Waals surface area contributed by atoms with Gasteiger partial charge in [-0.2, -0.15) is 5.26 Å². The highest BCUT2D eigenvalue weighted by molar-refractivity contribution is 5.93. The summed E-state index contributed by atoms with van der Waals surface area (Å²) in [5, 5.41) is 15.8. The lowest BCUT2D eigenvalue weighted by Gasteiger charge is -2.09. The molecule has 0 unspecified atom stereocenters. The lowest BCUT2D eigenvalue weighted by Crippen LogP contribution is -2.33. The van der Waals surface area contributed by atoms with E-state index >= 15 is 0 Å². The number of benzene rings is 3. The highest BCUT2D eigenvalue weighted by Crippen LogP contribution is 2.18. The number of hydrogen-bond donors (Lipinski definition) is 2. The van der Waals surface area contributed by atoms with Crippen LogP contribution in [0.4, 0.5) is 5.69 Å². The smallest absolute Gasteiger partial charge is 0.325 e. The fraction of sp³-hybridized carbons (Fsp3) is 0.167. The third-order valence-corrected chi connectivity index (χ3v) is 4.55. The van der Waals surface area contributed by atoms with E-state index in [1.807, 2.05) is 48.5 Å². The van der Waals surface area contributed by atoms with Crippen LogP contribution in [0.15, 0.2) is 66.7 Å². The summed E-state index contributed by atoms with van der Waals surface area (Å²) in [6, 6.07) is 22.3. The minimum Gasteiger partial charge on any atom is -0.454 e. The number of hydrogen-bond acceptors (Lipinski definition) is 5. The summed E-state index contributed by atoms with van der Waals surface area (Å²) in [5.74, 6) is -1.51. The second-order valence-corrected chi connectivity index (χ2v) is 6.83. The molecule has 0 atom stereocenters. The van der Waals surface area contributed by atoms with Crippen LogP contribution in [-0.2, 0) is 32.0 Å². The molecule has 2 amide bonds. The first-order chi connectivity index (χ1) is 15.0. The van der Waals surface area contributed by atoms with Crippen molar-refractivity contribution in [3.63, 3.8) is 0 Å². The molecule has 3 aromatic carbocycles. The molecule has 31 heavy (non-hydrogen) atoms. The number of anilines is 1. The maximum Gasteiger partial charge on any atom is 0.325 e. The Hall–Kier alpha value is -4.18. The molecule has 7 nitrogen and oxygen atoms in total. The standard InChI is InChI=1S/C24H21N3O4/c25-13-12-17-8-10-20(11-9-17)27-23(29)16-31-24(30)15-26-22(28)14-19-6-3-5-18-4-1-2-7-21(18)19/h1-11H,12,14-16H2,(H,26,28)(H,27,29). The number of esters is 1. The monoisotopic (exact) mass is 415 g/mol. The number of nitrogens with zero attached hydrogens (tertiary/aromatic N) is 1. The Balaban J connectivity index is 1.41. The predicted octanol–water partition coefficient (Wildman–Crippen LogP) is 2.75. The highest BCUT2D eigenvalue weighted by atomic mass is 16.5. The van der Waals surface area contributed by atoms with Crippen LogP contribution in [0.2, 0.25) is 0 Å². The molecule has 0 aliphatic carbocycles. The van der Waals surface area contributed by atoms with E-state index in [0.717, 1.165) is 21.9 Å². The lowest BCUT2D eigenvalue weighted by atomic mass is 10.0. The van der Waals surface area contributed by atoms with Crippen molar-refractivity contribution in [3.05, 3.63) is 77.9 Å². The van der Waals surface area contributed by atoms with Gasteiger partial charge in [0.1, 0.15) is 6.54 Å². The number of amides is 2. The molecule has 0 fully saturated rings. The third-order valence-electron chi connectivity index (χ3n) is 4.55. The fourth-order valence-corrected chi connectivity index (χ4v) is 3.04. The molecule has 0 saturated heterocycles. The summed E-state index contributed by atoms with van der Waals surface area (Å²) >= 11 is 0. The van der Waals surface area contributed by atoms with Gasteiger partial charge < -0.3 is 15.4 Å². The van der Waals surface area contributed by atoms with Crippen molar-refractivity contribution < 1.29 is 19.1 Å². The van der Waals surface area contributed by atoms with Crippen molar-refractivity contribution in [2.45, 2.75) is 12.8 Å². The van der Waals surface area contributed by atoms with Crippen LogP contribution in [0.25, 0.3) is 10.8 Å². The van der Waals surface area contributed by atoms with Crippen LogP contribution in [0.5, 0.6) is 0 Å². The molecular weight excluding hydrogens is 394 g/mol. The second-order valence-electron chi connectivity index (χ2n) is 6.83. The zero-order valence-corrected chi connectivity index (χ0v) is 16.8. The Morgan fingerprint density at radius 1 is 0.903 bits per heavy atom. The van der Waals surface area contributed by atoms with Gasteiger partial charge in [-0.05, 0) is 34.0 Å². The van der Waals surface area contributed by atoms with E-state index in [0.29, 0.717) is 5.69 Å². The SMILES string of the molecule is N#CCc1ccc(NC(=O)COC(=O)CNC(=O)Cc2cccc3ccccc23)cc1. The molecule has 0 bridgehead atoms. The molecule has 2 N–H and O–H groups in total. The zero-order valence-electron chi connectivity index (χ0n) is 16.8. The summed E-state index contributed by atoms with van der Waals surface area (Å²) < 4.78 is 4.90. The molecule has 156 valence electrons. The molecule has 0 radical (unpaired) electrons. The second kappa shape index (κ2) is 10.6. The van der Waals surface area contributed by atoms with Gasteiger partial charge in [-0.1, -0.05) is 54.6 Å². The molecule has 0 aromatic heterocycles. The Bertz CT molecular complexity index is 1130. The molecule has 0 saturated carbocycles. The number of carbonyl (C=O) groups excluding carboxylic acids is 3. The highest BCUT2D eigenvalue weighted by Gasteiger charge is 2.11. The minimum atomic E-state index is -0.703. The van der Waals surface area contributed by atoms with E-state index in [2.05, 4.69) is 10.6 Å². The van der Waals surface area contributed by atoms with Crippen LogP contribution < -0.4 is 10.6 Å². The first-order valence-corrected chi connectivity index (χ1v) is 9.70. The molecule has 0 spiro atoms. The molecule has 3 aromatic rings. The summed E-state index contributed by atoms with van der Waals surface area (Å²) in [7, 11) is 0. The zero-order chi connectivity index (χ0) is 22.1. The van der Waals surface area contributed by atoms with E-state index in [9.17, 15) is 14.4 Å². The van der Waals surface area contributed by atoms with Crippen molar-refractivity contribution in [2.24, 2.45) is 0 Å². The Morgan fingerprint density at radius 2 is 1.65 bits per heavy atom. The maximum atomic E-state index is 12.2. The molecule has 7 heteroatoms. The van der Waals surface area contributed by atoms with E-state index in [1.165, 1.54) is 0 Å². The summed E-state index contributed by atoms with van der Waals surface area (Å²) in [6.07, 6.45) is 0.426. The average Bonchev–Trinajstić information content (AvgIpc) is 2.78. The lowest BCUT2D eigenvalue weighted by molar-refractivity contribution is -0.147. The quantitative estimate of drug-likeness (QED) is 0.550. The maximum absolute atomic E-state index is 12.2. The first-order valence-electron chi connectivity index (χ1n) is 9.70. The molecule has 3 rings (SSSR count). The van der Waals surface area contributed by atoms with Crippen LogP contribution in [-0.4, -0.2) is 30.9 Å². The van der Waals surface area contributed by atoms with Gasteiger partial charge in [-0.3, -0.25) is 14.4 Å². The Morgan fingerprint density at radius 3 is 2.42 bits per heavy atom. The van der Waals surface area contributed by atoms with Gasteiger partial charge in [0, 0.05) is 5.69 Å². The fourth-order valence-electron chi connectivity index (χ4n) is 3.04. The van der Waals surface area contributed by atoms with E-state index in [4.69, 9.17) is 10.00 Å². The molecular formula is C24H21N3O4. The molecule has 0 aliphatic heterocycles.